The van der Waals surface area contributed by atoms with Gasteiger partial charge in [0, 0.05) is 24.1 Å². The van der Waals surface area contributed by atoms with E-state index in [1.807, 2.05) is 19.1 Å². The first-order chi connectivity index (χ1) is 9.82. The van der Waals surface area contributed by atoms with Crippen molar-refractivity contribution < 1.29 is 9.47 Å². The quantitative estimate of drug-likeness (QED) is 0.903. The van der Waals surface area contributed by atoms with Crippen LogP contribution in [0.25, 0.3) is 0 Å². The second-order valence-electron chi connectivity index (χ2n) is 6.76. The molecular formula is C17H26ClNO2. The molecule has 2 atom stereocenters. The number of rotatable bonds is 5. The second kappa shape index (κ2) is 6.55. The third-order valence-electron chi connectivity index (χ3n) is 3.87. The Bertz CT molecular complexity index is 496. The average molecular weight is 312 g/mol. The summed E-state index contributed by atoms with van der Waals surface area (Å²) in [7, 11) is 0. The molecule has 0 fully saturated rings. The zero-order chi connectivity index (χ0) is 15.6. The summed E-state index contributed by atoms with van der Waals surface area (Å²) in [5.41, 5.74) is 8.72. The maximum atomic E-state index is 6.44. The van der Waals surface area contributed by atoms with E-state index in [2.05, 4.69) is 20.8 Å². The van der Waals surface area contributed by atoms with E-state index < -0.39 is 0 Å². The van der Waals surface area contributed by atoms with E-state index in [9.17, 15) is 0 Å². The number of fused-ring (bicyclic) bond motifs is 1. The first-order valence-electron chi connectivity index (χ1n) is 7.64. The molecule has 1 aliphatic heterocycles. The van der Waals surface area contributed by atoms with Crippen LogP contribution in [0.2, 0.25) is 5.02 Å². The van der Waals surface area contributed by atoms with Crippen LogP contribution in [0.3, 0.4) is 0 Å². The van der Waals surface area contributed by atoms with Crippen molar-refractivity contribution in [3.05, 3.63) is 28.3 Å². The standard InChI is InChI=1S/C17H26ClNO2/c1-5-20-16(17(2,3)4)14(19)10-12-9-13(18)8-11-6-7-21-15(11)12/h8-9,14,16H,5-7,10,19H2,1-4H3. The second-order valence-corrected chi connectivity index (χ2v) is 7.20. The van der Waals surface area contributed by atoms with Crippen molar-refractivity contribution in [1.29, 1.82) is 0 Å². The summed E-state index contributed by atoms with van der Waals surface area (Å²) >= 11 is 6.21. The predicted octanol–water partition coefficient (Wildman–Crippen LogP) is 3.60. The minimum absolute atomic E-state index is 0.00136. The van der Waals surface area contributed by atoms with Crippen molar-refractivity contribution in [2.45, 2.75) is 52.7 Å². The van der Waals surface area contributed by atoms with Gasteiger partial charge in [0.05, 0.1) is 12.7 Å². The van der Waals surface area contributed by atoms with Gasteiger partial charge in [0.1, 0.15) is 5.75 Å². The van der Waals surface area contributed by atoms with E-state index >= 15 is 0 Å². The number of hydrogen-bond acceptors (Lipinski definition) is 3. The van der Waals surface area contributed by atoms with Crippen LogP contribution in [-0.2, 0) is 17.6 Å². The molecule has 0 radical (unpaired) electrons. The number of ether oxygens (including phenoxy) is 2. The van der Waals surface area contributed by atoms with Gasteiger partial charge in [0.2, 0.25) is 0 Å². The Balaban J connectivity index is 2.21. The highest BCUT2D eigenvalue weighted by Gasteiger charge is 2.32. The Labute approximate surface area is 132 Å². The van der Waals surface area contributed by atoms with Gasteiger partial charge in [-0.15, -0.1) is 0 Å². The highest BCUT2D eigenvalue weighted by Crippen LogP contribution is 2.35. The lowest BCUT2D eigenvalue weighted by molar-refractivity contribution is -0.0275. The Morgan fingerprint density at radius 1 is 1.38 bits per heavy atom. The van der Waals surface area contributed by atoms with Crippen molar-refractivity contribution in [2.75, 3.05) is 13.2 Å². The van der Waals surface area contributed by atoms with Crippen LogP contribution in [0.5, 0.6) is 5.75 Å². The summed E-state index contributed by atoms with van der Waals surface area (Å²) in [5.74, 6) is 0.971. The van der Waals surface area contributed by atoms with Gasteiger partial charge < -0.3 is 15.2 Å². The zero-order valence-electron chi connectivity index (χ0n) is 13.4. The van der Waals surface area contributed by atoms with Gasteiger partial charge in [-0.3, -0.25) is 0 Å². The van der Waals surface area contributed by atoms with Crippen LogP contribution >= 0.6 is 11.6 Å². The highest BCUT2D eigenvalue weighted by atomic mass is 35.5. The maximum absolute atomic E-state index is 6.44. The van der Waals surface area contributed by atoms with Crippen LogP contribution in [-0.4, -0.2) is 25.4 Å². The SMILES string of the molecule is CCOC(C(N)Cc1cc(Cl)cc2c1OCC2)C(C)(C)C. The molecule has 1 aromatic rings. The normalized spacial score (nSPS) is 17.2. The zero-order valence-corrected chi connectivity index (χ0v) is 14.2. The van der Waals surface area contributed by atoms with Crippen molar-refractivity contribution in [2.24, 2.45) is 11.1 Å². The molecule has 0 saturated carbocycles. The molecule has 3 nitrogen and oxygen atoms in total. The van der Waals surface area contributed by atoms with E-state index in [4.69, 9.17) is 26.8 Å². The lowest BCUT2D eigenvalue weighted by Crippen LogP contribution is -2.46. The predicted molar refractivity (Wildman–Crippen MR) is 87.2 cm³/mol. The van der Waals surface area contributed by atoms with Gasteiger partial charge in [-0.1, -0.05) is 32.4 Å². The molecule has 1 heterocycles. The minimum Gasteiger partial charge on any atom is -0.493 e. The molecule has 0 amide bonds. The van der Waals surface area contributed by atoms with Crippen LogP contribution in [0, 0.1) is 5.41 Å². The average Bonchev–Trinajstić information content (AvgIpc) is 2.82. The highest BCUT2D eigenvalue weighted by molar-refractivity contribution is 6.30. The first-order valence-corrected chi connectivity index (χ1v) is 8.02. The molecule has 0 bridgehead atoms. The number of benzene rings is 1. The molecule has 2 rings (SSSR count). The molecule has 0 spiro atoms. The lowest BCUT2D eigenvalue weighted by Gasteiger charge is -2.35. The summed E-state index contributed by atoms with van der Waals surface area (Å²) in [6, 6.07) is 3.87. The van der Waals surface area contributed by atoms with E-state index in [0.717, 1.165) is 29.4 Å². The summed E-state index contributed by atoms with van der Waals surface area (Å²) < 4.78 is 11.6. The number of nitrogens with two attached hydrogens (primary N) is 1. The van der Waals surface area contributed by atoms with E-state index in [-0.39, 0.29) is 17.6 Å². The molecular weight excluding hydrogens is 286 g/mol. The monoisotopic (exact) mass is 311 g/mol. The Morgan fingerprint density at radius 3 is 2.71 bits per heavy atom. The van der Waals surface area contributed by atoms with Crippen molar-refractivity contribution >= 4 is 11.6 Å². The fraction of sp³-hybridized carbons (Fsp3) is 0.647. The van der Waals surface area contributed by atoms with Crippen LogP contribution in [0.15, 0.2) is 12.1 Å². The fourth-order valence-corrected chi connectivity index (χ4v) is 3.32. The Morgan fingerprint density at radius 2 is 2.10 bits per heavy atom. The first kappa shape index (κ1) is 16.6. The minimum atomic E-state index is -0.0864. The van der Waals surface area contributed by atoms with E-state index in [1.54, 1.807) is 0 Å². The molecule has 21 heavy (non-hydrogen) atoms. The van der Waals surface area contributed by atoms with E-state index in [1.165, 1.54) is 5.56 Å². The smallest absolute Gasteiger partial charge is 0.125 e. The number of halogens is 1. The molecule has 1 aliphatic rings. The van der Waals surface area contributed by atoms with Gasteiger partial charge in [-0.25, -0.2) is 0 Å². The lowest BCUT2D eigenvalue weighted by atomic mass is 9.82. The molecule has 4 heteroatoms. The van der Waals surface area contributed by atoms with Crippen molar-refractivity contribution in [3.63, 3.8) is 0 Å². The molecule has 1 aromatic carbocycles. The summed E-state index contributed by atoms with van der Waals surface area (Å²) in [5, 5.41) is 0.755. The molecule has 2 N–H and O–H groups in total. The summed E-state index contributed by atoms with van der Waals surface area (Å²) in [6.07, 6.45) is 1.63. The van der Waals surface area contributed by atoms with Crippen LogP contribution in [0.4, 0.5) is 0 Å². The number of hydrogen-bond donors (Lipinski definition) is 1. The third-order valence-corrected chi connectivity index (χ3v) is 4.09. The fourth-order valence-electron chi connectivity index (χ4n) is 3.05. The van der Waals surface area contributed by atoms with Crippen LogP contribution < -0.4 is 10.5 Å². The van der Waals surface area contributed by atoms with E-state index in [0.29, 0.717) is 13.0 Å². The van der Waals surface area contributed by atoms with Crippen molar-refractivity contribution in [3.8, 4) is 5.75 Å². The Kier molecular flexibility index (Phi) is 5.18. The molecule has 2 unspecified atom stereocenters. The molecule has 118 valence electrons. The van der Waals surface area contributed by atoms with Gasteiger partial charge >= 0.3 is 0 Å². The van der Waals surface area contributed by atoms with Crippen LogP contribution in [0.1, 0.15) is 38.8 Å². The maximum Gasteiger partial charge on any atom is 0.125 e. The molecule has 0 aliphatic carbocycles. The molecule has 0 aromatic heterocycles. The molecule has 0 saturated heterocycles. The van der Waals surface area contributed by atoms with Gasteiger partial charge in [0.25, 0.3) is 0 Å². The van der Waals surface area contributed by atoms with Gasteiger partial charge in [-0.2, -0.15) is 0 Å². The van der Waals surface area contributed by atoms with Gasteiger partial charge in [-0.05, 0) is 42.0 Å². The Hall–Kier alpha value is -0.770. The topological polar surface area (TPSA) is 44.5 Å². The summed E-state index contributed by atoms with van der Waals surface area (Å²) in [6.45, 7) is 9.88. The largest absolute Gasteiger partial charge is 0.493 e. The third kappa shape index (κ3) is 3.91. The van der Waals surface area contributed by atoms with Crippen molar-refractivity contribution in [1.82, 2.24) is 0 Å². The summed E-state index contributed by atoms with van der Waals surface area (Å²) in [4.78, 5) is 0. The van der Waals surface area contributed by atoms with Gasteiger partial charge in [0.15, 0.2) is 0 Å².